The molecule has 1 aliphatic rings. The fourth-order valence-electron chi connectivity index (χ4n) is 3.34. The van der Waals surface area contributed by atoms with Crippen molar-refractivity contribution in [1.82, 2.24) is 19.9 Å². The number of hydrogen-bond acceptors (Lipinski definition) is 6. The topological polar surface area (TPSA) is 65.1 Å². The Balaban J connectivity index is 1.54. The molecular formula is C21H28F3N5OS. The first-order valence-electron chi connectivity index (χ1n) is 10.3. The summed E-state index contributed by atoms with van der Waals surface area (Å²) in [6, 6.07) is 4.33. The highest BCUT2D eigenvalue weighted by Gasteiger charge is 2.35. The van der Waals surface area contributed by atoms with Crippen LogP contribution in [0.4, 0.5) is 18.9 Å². The number of anilines is 1. The van der Waals surface area contributed by atoms with E-state index in [1.807, 2.05) is 25.7 Å². The van der Waals surface area contributed by atoms with Gasteiger partial charge < -0.3 is 9.88 Å². The van der Waals surface area contributed by atoms with Gasteiger partial charge in [-0.25, -0.2) is 9.97 Å². The third kappa shape index (κ3) is 6.70. The molecule has 0 aliphatic carbocycles. The Morgan fingerprint density at radius 3 is 2.39 bits per heavy atom. The Labute approximate surface area is 184 Å². The standard InChI is InChI=1S/C21H28F3N5OS/c1-20(2,3)16-13-15(14-17(26-16)21(22,23)24)29-10-8-28(9-11-29)7-4-12-31-19-25-6-5-18(30)27-19/h5-6,13-14H,4,7-12H2,1-3H3,(H,25,27,30). The zero-order chi connectivity index (χ0) is 22.6. The molecule has 170 valence electrons. The van der Waals surface area contributed by atoms with E-state index in [4.69, 9.17) is 0 Å². The van der Waals surface area contributed by atoms with Crippen LogP contribution in [0.2, 0.25) is 0 Å². The predicted octanol–water partition coefficient (Wildman–Crippen LogP) is 3.79. The zero-order valence-corrected chi connectivity index (χ0v) is 18.8. The number of aromatic amines is 1. The fourth-order valence-corrected chi connectivity index (χ4v) is 4.12. The van der Waals surface area contributed by atoms with Crippen LogP contribution in [0.5, 0.6) is 0 Å². The van der Waals surface area contributed by atoms with Crippen molar-refractivity contribution in [1.29, 1.82) is 0 Å². The molecule has 1 N–H and O–H groups in total. The van der Waals surface area contributed by atoms with Crippen molar-refractivity contribution < 1.29 is 13.2 Å². The summed E-state index contributed by atoms with van der Waals surface area (Å²) in [5.41, 5.74) is -0.422. The van der Waals surface area contributed by atoms with Gasteiger partial charge in [0, 0.05) is 61.0 Å². The van der Waals surface area contributed by atoms with E-state index < -0.39 is 17.3 Å². The smallest absolute Gasteiger partial charge is 0.369 e. The summed E-state index contributed by atoms with van der Waals surface area (Å²) in [5.74, 6) is 0.835. The number of aromatic nitrogens is 3. The van der Waals surface area contributed by atoms with Gasteiger partial charge in [-0.15, -0.1) is 0 Å². The van der Waals surface area contributed by atoms with Gasteiger partial charge in [0.05, 0.1) is 0 Å². The van der Waals surface area contributed by atoms with Crippen LogP contribution < -0.4 is 10.5 Å². The van der Waals surface area contributed by atoms with Crippen LogP contribution in [0.15, 0.2) is 34.3 Å². The maximum absolute atomic E-state index is 13.4. The van der Waals surface area contributed by atoms with Gasteiger partial charge in [0.15, 0.2) is 5.16 Å². The molecule has 0 radical (unpaired) electrons. The highest BCUT2D eigenvalue weighted by molar-refractivity contribution is 7.99. The monoisotopic (exact) mass is 455 g/mol. The molecule has 31 heavy (non-hydrogen) atoms. The van der Waals surface area contributed by atoms with Crippen molar-refractivity contribution >= 4 is 17.4 Å². The Hall–Kier alpha value is -2.07. The van der Waals surface area contributed by atoms with Gasteiger partial charge in [-0.05, 0) is 25.1 Å². The van der Waals surface area contributed by atoms with Gasteiger partial charge in [-0.2, -0.15) is 13.2 Å². The summed E-state index contributed by atoms with van der Waals surface area (Å²) in [6.45, 7) is 9.44. The molecule has 0 spiro atoms. The van der Waals surface area contributed by atoms with E-state index in [0.29, 0.717) is 29.6 Å². The first kappa shape index (κ1) is 23.6. The van der Waals surface area contributed by atoms with Crippen molar-refractivity contribution in [3.8, 4) is 0 Å². The fraction of sp³-hybridized carbons (Fsp3) is 0.571. The molecular weight excluding hydrogens is 427 g/mol. The third-order valence-corrected chi connectivity index (χ3v) is 6.09. The summed E-state index contributed by atoms with van der Waals surface area (Å²) < 4.78 is 40.1. The lowest BCUT2D eigenvalue weighted by atomic mass is 9.91. The minimum Gasteiger partial charge on any atom is -0.369 e. The molecule has 0 atom stereocenters. The summed E-state index contributed by atoms with van der Waals surface area (Å²) in [5, 5.41) is 0.616. The molecule has 10 heteroatoms. The second-order valence-corrected chi connectivity index (χ2v) is 9.70. The number of alkyl halides is 3. The number of rotatable bonds is 6. The Bertz CT molecular complexity index is 901. The van der Waals surface area contributed by atoms with Crippen molar-refractivity contribution in [3.05, 3.63) is 46.1 Å². The highest BCUT2D eigenvalue weighted by Crippen LogP contribution is 2.34. The van der Waals surface area contributed by atoms with E-state index in [1.54, 1.807) is 6.07 Å². The van der Waals surface area contributed by atoms with Crippen LogP contribution in [0.1, 0.15) is 38.6 Å². The largest absolute Gasteiger partial charge is 0.433 e. The van der Waals surface area contributed by atoms with Crippen LogP contribution in [-0.4, -0.2) is 58.3 Å². The molecule has 0 amide bonds. The molecule has 1 saturated heterocycles. The maximum Gasteiger partial charge on any atom is 0.433 e. The lowest BCUT2D eigenvalue weighted by Crippen LogP contribution is -2.46. The van der Waals surface area contributed by atoms with Crippen LogP contribution >= 0.6 is 11.8 Å². The molecule has 6 nitrogen and oxygen atoms in total. The van der Waals surface area contributed by atoms with Crippen LogP contribution in [0.3, 0.4) is 0 Å². The minimum absolute atomic E-state index is 0.159. The second-order valence-electron chi connectivity index (χ2n) is 8.61. The van der Waals surface area contributed by atoms with Gasteiger partial charge in [-0.1, -0.05) is 32.5 Å². The number of thioether (sulfide) groups is 1. The van der Waals surface area contributed by atoms with Gasteiger partial charge >= 0.3 is 6.18 Å². The Morgan fingerprint density at radius 2 is 1.77 bits per heavy atom. The Morgan fingerprint density at radius 1 is 1.10 bits per heavy atom. The van der Waals surface area contributed by atoms with Gasteiger partial charge in [0.1, 0.15) is 5.69 Å². The molecule has 3 heterocycles. The summed E-state index contributed by atoms with van der Waals surface area (Å²) in [7, 11) is 0. The molecule has 0 unspecified atom stereocenters. The normalized spacial score (nSPS) is 16.0. The summed E-state index contributed by atoms with van der Waals surface area (Å²) in [6.07, 6.45) is -2.03. The van der Waals surface area contributed by atoms with E-state index in [1.165, 1.54) is 24.0 Å². The second kappa shape index (κ2) is 9.60. The summed E-state index contributed by atoms with van der Waals surface area (Å²) in [4.78, 5) is 26.3. The SMILES string of the molecule is CC(C)(C)c1cc(N2CCN(CCCSc3nccc(=O)[nH]3)CC2)cc(C(F)(F)F)n1. The first-order chi connectivity index (χ1) is 14.5. The molecule has 0 saturated carbocycles. The maximum atomic E-state index is 13.4. The molecule has 1 aliphatic heterocycles. The van der Waals surface area contributed by atoms with Gasteiger partial charge in [0.25, 0.3) is 5.56 Å². The molecule has 2 aromatic rings. The number of H-pyrrole nitrogens is 1. The van der Waals surface area contributed by atoms with Gasteiger partial charge in [0.2, 0.25) is 0 Å². The van der Waals surface area contributed by atoms with E-state index in [9.17, 15) is 18.0 Å². The summed E-state index contributed by atoms with van der Waals surface area (Å²) >= 11 is 1.51. The van der Waals surface area contributed by atoms with E-state index in [-0.39, 0.29) is 5.56 Å². The average Bonchev–Trinajstić information content (AvgIpc) is 2.70. The lowest BCUT2D eigenvalue weighted by molar-refractivity contribution is -0.141. The highest BCUT2D eigenvalue weighted by atomic mass is 32.2. The lowest BCUT2D eigenvalue weighted by Gasteiger charge is -2.36. The van der Waals surface area contributed by atoms with Crippen molar-refractivity contribution in [2.45, 2.75) is 43.9 Å². The minimum atomic E-state index is -4.46. The van der Waals surface area contributed by atoms with Gasteiger partial charge in [-0.3, -0.25) is 9.69 Å². The van der Waals surface area contributed by atoms with Crippen molar-refractivity contribution in [2.75, 3.05) is 43.4 Å². The number of nitrogens with zero attached hydrogens (tertiary/aromatic N) is 4. The third-order valence-electron chi connectivity index (χ3n) is 5.11. The van der Waals surface area contributed by atoms with Crippen molar-refractivity contribution in [3.63, 3.8) is 0 Å². The number of halogens is 3. The number of pyridine rings is 1. The first-order valence-corrected chi connectivity index (χ1v) is 11.3. The molecule has 0 bridgehead atoms. The number of hydrogen-bond donors (Lipinski definition) is 1. The average molecular weight is 456 g/mol. The molecule has 1 fully saturated rings. The van der Waals surface area contributed by atoms with E-state index in [2.05, 4.69) is 19.9 Å². The number of nitrogens with one attached hydrogen (secondary N) is 1. The predicted molar refractivity (Wildman–Crippen MR) is 117 cm³/mol. The number of piperazine rings is 1. The Kier molecular flexibility index (Phi) is 7.31. The van der Waals surface area contributed by atoms with Crippen LogP contribution in [0, 0.1) is 0 Å². The zero-order valence-electron chi connectivity index (χ0n) is 18.0. The quantitative estimate of drug-likeness (QED) is 0.406. The molecule has 0 aromatic carbocycles. The van der Waals surface area contributed by atoms with Crippen molar-refractivity contribution in [2.24, 2.45) is 0 Å². The molecule has 2 aromatic heterocycles. The van der Waals surface area contributed by atoms with E-state index in [0.717, 1.165) is 37.9 Å². The van der Waals surface area contributed by atoms with Crippen LogP contribution in [0.25, 0.3) is 0 Å². The van der Waals surface area contributed by atoms with Crippen LogP contribution in [-0.2, 0) is 11.6 Å². The van der Waals surface area contributed by atoms with E-state index >= 15 is 0 Å². The molecule has 3 rings (SSSR count).